The van der Waals surface area contributed by atoms with Crippen molar-refractivity contribution in [3.05, 3.63) is 29.8 Å². The van der Waals surface area contributed by atoms with Crippen molar-refractivity contribution in [2.45, 2.75) is 37.8 Å². The molecule has 0 heterocycles. The molecular weight excluding hydrogens is 254 g/mol. The molecule has 20 heavy (non-hydrogen) atoms. The fraction of sp³-hybridized carbons (Fsp3) is 0.467. The summed E-state index contributed by atoms with van der Waals surface area (Å²) in [5, 5.41) is 17.9. The minimum atomic E-state index is -0.598. The van der Waals surface area contributed by atoms with Crippen LogP contribution in [0.15, 0.2) is 24.3 Å². The predicted octanol–water partition coefficient (Wildman–Crippen LogP) is 1.17. The summed E-state index contributed by atoms with van der Waals surface area (Å²) < 4.78 is 0. The van der Waals surface area contributed by atoms with E-state index in [4.69, 9.17) is 11.0 Å². The Bertz CT molecular complexity index is 503. The van der Waals surface area contributed by atoms with Gasteiger partial charge in [-0.2, -0.15) is 5.26 Å². The molecule has 1 atom stereocenters. The van der Waals surface area contributed by atoms with Gasteiger partial charge in [0.05, 0.1) is 18.5 Å². The number of amides is 1. The number of carbonyl (C=O) groups excluding carboxylic acids is 1. The standard InChI is InChI=1S/C15H19N3O2/c16-8-1-9-18(12-4-5-12)15(20)14(17)10-11-2-6-13(19)7-3-11/h2-3,6-7,12,14,19H,1,4-5,9-10,17H2/t14-/m0/s1. The lowest BCUT2D eigenvalue weighted by molar-refractivity contribution is -0.133. The van der Waals surface area contributed by atoms with Gasteiger partial charge in [0.2, 0.25) is 5.91 Å². The van der Waals surface area contributed by atoms with Crippen LogP contribution in [0.25, 0.3) is 0 Å². The van der Waals surface area contributed by atoms with E-state index in [0.717, 1.165) is 18.4 Å². The number of nitrogens with two attached hydrogens (primary N) is 1. The van der Waals surface area contributed by atoms with E-state index >= 15 is 0 Å². The van der Waals surface area contributed by atoms with Crippen LogP contribution >= 0.6 is 0 Å². The molecule has 1 fully saturated rings. The Hall–Kier alpha value is -2.06. The predicted molar refractivity (Wildman–Crippen MR) is 74.8 cm³/mol. The van der Waals surface area contributed by atoms with E-state index in [2.05, 4.69) is 6.07 Å². The molecule has 1 aliphatic carbocycles. The van der Waals surface area contributed by atoms with Crippen molar-refractivity contribution in [3.63, 3.8) is 0 Å². The second kappa shape index (κ2) is 6.40. The first-order chi connectivity index (χ1) is 9.61. The zero-order valence-corrected chi connectivity index (χ0v) is 11.3. The van der Waals surface area contributed by atoms with E-state index in [1.54, 1.807) is 29.2 Å². The molecular formula is C15H19N3O2. The molecule has 0 aromatic heterocycles. The molecule has 0 aliphatic heterocycles. The summed E-state index contributed by atoms with van der Waals surface area (Å²) in [4.78, 5) is 14.1. The smallest absolute Gasteiger partial charge is 0.240 e. The first kappa shape index (κ1) is 14.4. The molecule has 2 rings (SSSR count). The molecule has 1 aliphatic rings. The minimum Gasteiger partial charge on any atom is -0.508 e. The van der Waals surface area contributed by atoms with Gasteiger partial charge in [0.25, 0.3) is 0 Å². The second-order valence-corrected chi connectivity index (χ2v) is 5.15. The summed E-state index contributed by atoms with van der Waals surface area (Å²) in [5.74, 6) is 0.109. The van der Waals surface area contributed by atoms with Crippen LogP contribution in [0.2, 0.25) is 0 Å². The quantitative estimate of drug-likeness (QED) is 0.814. The van der Waals surface area contributed by atoms with Crippen LogP contribution in [0, 0.1) is 11.3 Å². The average Bonchev–Trinajstić information content (AvgIpc) is 3.26. The van der Waals surface area contributed by atoms with Crippen LogP contribution in [0.3, 0.4) is 0 Å². The molecule has 1 saturated carbocycles. The van der Waals surface area contributed by atoms with Crippen molar-refractivity contribution < 1.29 is 9.90 Å². The third-order valence-corrected chi connectivity index (χ3v) is 3.44. The molecule has 5 nitrogen and oxygen atoms in total. The third kappa shape index (κ3) is 3.72. The molecule has 0 spiro atoms. The highest BCUT2D eigenvalue weighted by Gasteiger charge is 2.34. The highest BCUT2D eigenvalue weighted by atomic mass is 16.3. The highest BCUT2D eigenvalue weighted by molar-refractivity contribution is 5.82. The highest BCUT2D eigenvalue weighted by Crippen LogP contribution is 2.27. The molecule has 3 N–H and O–H groups in total. The van der Waals surface area contributed by atoms with Crippen molar-refractivity contribution in [1.82, 2.24) is 4.90 Å². The summed E-state index contributed by atoms with van der Waals surface area (Å²) in [6.07, 6.45) is 2.79. The Kier molecular flexibility index (Phi) is 4.59. The van der Waals surface area contributed by atoms with Gasteiger partial charge in [-0.05, 0) is 37.0 Å². The second-order valence-electron chi connectivity index (χ2n) is 5.15. The van der Waals surface area contributed by atoms with Crippen molar-refractivity contribution in [2.24, 2.45) is 5.73 Å². The first-order valence-corrected chi connectivity index (χ1v) is 6.82. The van der Waals surface area contributed by atoms with E-state index in [0.29, 0.717) is 19.4 Å². The molecule has 0 bridgehead atoms. The summed E-state index contributed by atoms with van der Waals surface area (Å²) >= 11 is 0. The number of phenolic OH excluding ortho intramolecular Hbond substituents is 1. The number of hydrogen-bond donors (Lipinski definition) is 2. The molecule has 0 radical (unpaired) electrons. The van der Waals surface area contributed by atoms with Gasteiger partial charge in [0.15, 0.2) is 0 Å². The maximum absolute atomic E-state index is 12.3. The largest absolute Gasteiger partial charge is 0.508 e. The van der Waals surface area contributed by atoms with Gasteiger partial charge in [-0.3, -0.25) is 4.79 Å². The summed E-state index contributed by atoms with van der Waals surface area (Å²) in [6, 6.07) is 8.43. The fourth-order valence-corrected chi connectivity index (χ4v) is 2.22. The number of phenols is 1. The zero-order valence-electron chi connectivity index (χ0n) is 11.3. The lowest BCUT2D eigenvalue weighted by Gasteiger charge is -2.24. The van der Waals surface area contributed by atoms with E-state index in [9.17, 15) is 9.90 Å². The Morgan fingerprint density at radius 3 is 2.65 bits per heavy atom. The fourth-order valence-electron chi connectivity index (χ4n) is 2.22. The number of aromatic hydroxyl groups is 1. The van der Waals surface area contributed by atoms with E-state index < -0.39 is 6.04 Å². The minimum absolute atomic E-state index is 0.0872. The number of rotatable bonds is 6. The third-order valence-electron chi connectivity index (χ3n) is 3.44. The number of benzene rings is 1. The van der Waals surface area contributed by atoms with E-state index in [1.807, 2.05) is 0 Å². The Labute approximate surface area is 118 Å². The van der Waals surface area contributed by atoms with Crippen molar-refractivity contribution in [2.75, 3.05) is 6.54 Å². The van der Waals surface area contributed by atoms with E-state index in [1.165, 1.54) is 0 Å². The lowest BCUT2D eigenvalue weighted by atomic mass is 10.1. The van der Waals surface area contributed by atoms with Gasteiger partial charge in [0, 0.05) is 12.6 Å². The van der Waals surface area contributed by atoms with Crippen LogP contribution in [-0.4, -0.2) is 34.5 Å². The Balaban J connectivity index is 1.96. The van der Waals surface area contributed by atoms with Crippen LogP contribution in [0.4, 0.5) is 0 Å². The van der Waals surface area contributed by atoms with Gasteiger partial charge in [-0.25, -0.2) is 0 Å². The summed E-state index contributed by atoms with van der Waals surface area (Å²) in [5.41, 5.74) is 6.91. The van der Waals surface area contributed by atoms with Crippen LogP contribution in [-0.2, 0) is 11.2 Å². The maximum Gasteiger partial charge on any atom is 0.240 e. The molecule has 0 unspecified atom stereocenters. The average molecular weight is 273 g/mol. The molecule has 1 aromatic rings. The SMILES string of the molecule is N#CCCN(C(=O)[C@@H](N)Cc1ccc(O)cc1)C1CC1. The van der Waals surface area contributed by atoms with Crippen LogP contribution in [0.1, 0.15) is 24.8 Å². The Morgan fingerprint density at radius 2 is 2.10 bits per heavy atom. The number of nitrogens with zero attached hydrogens (tertiary/aromatic N) is 2. The molecule has 106 valence electrons. The number of nitriles is 1. The van der Waals surface area contributed by atoms with Gasteiger partial charge in [-0.15, -0.1) is 0 Å². The van der Waals surface area contributed by atoms with Gasteiger partial charge in [-0.1, -0.05) is 12.1 Å². The molecule has 0 saturated heterocycles. The molecule has 1 aromatic carbocycles. The maximum atomic E-state index is 12.3. The zero-order chi connectivity index (χ0) is 14.5. The molecule has 1 amide bonds. The summed E-state index contributed by atoms with van der Waals surface area (Å²) in [7, 11) is 0. The van der Waals surface area contributed by atoms with Crippen LogP contribution in [0.5, 0.6) is 5.75 Å². The topological polar surface area (TPSA) is 90.4 Å². The molecule has 5 heteroatoms. The van der Waals surface area contributed by atoms with Gasteiger partial charge >= 0.3 is 0 Å². The Morgan fingerprint density at radius 1 is 1.45 bits per heavy atom. The van der Waals surface area contributed by atoms with Crippen molar-refractivity contribution in [3.8, 4) is 11.8 Å². The van der Waals surface area contributed by atoms with Gasteiger partial charge < -0.3 is 15.7 Å². The van der Waals surface area contributed by atoms with E-state index in [-0.39, 0.29) is 17.7 Å². The van der Waals surface area contributed by atoms with Crippen LogP contribution < -0.4 is 5.73 Å². The number of carbonyl (C=O) groups is 1. The monoisotopic (exact) mass is 273 g/mol. The lowest BCUT2D eigenvalue weighted by Crippen LogP contribution is -2.46. The van der Waals surface area contributed by atoms with Crippen molar-refractivity contribution in [1.29, 1.82) is 5.26 Å². The van der Waals surface area contributed by atoms with Crippen molar-refractivity contribution >= 4 is 5.91 Å². The normalized spacial score (nSPS) is 15.4. The van der Waals surface area contributed by atoms with Gasteiger partial charge in [0.1, 0.15) is 5.75 Å². The first-order valence-electron chi connectivity index (χ1n) is 6.82. The summed E-state index contributed by atoms with van der Waals surface area (Å²) in [6.45, 7) is 0.462. The number of hydrogen-bond acceptors (Lipinski definition) is 4.